The molecular formula is C21H40. The van der Waals surface area contributed by atoms with Gasteiger partial charge in [0.2, 0.25) is 0 Å². The molecule has 0 aliphatic heterocycles. The quantitative estimate of drug-likeness (QED) is 0.404. The standard InChI is InChI=1S/C21H40/c1-6-8-9-11-19-20(14-15(3)10-7-2)17(5)21(19)18-13-12-16(18)4/h15-21H,6-14H2,1-5H3. The molecule has 0 amide bonds. The summed E-state index contributed by atoms with van der Waals surface area (Å²) >= 11 is 0. The van der Waals surface area contributed by atoms with Gasteiger partial charge >= 0.3 is 0 Å². The van der Waals surface area contributed by atoms with Gasteiger partial charge < -0.3 is 0 Å². The average Bonchev–Trinajstić information content (AvgIpc) is 2.46. The molecule has 21 heavy (non-hydrogen) atoms. The second kappa shape index (κ2) is 8.02. The molecule has 7 unspecified atom stereocenters. The molecule has 2 saturated carbocycles. The van der Waals surface area contributed by atoms with Crippen molar-refractivity contribution in [2.45, 2.75) is 92.4 Å². The number of unbranched alkanes of at least 4 members (excludes halogenated alkanes) is 2. The largest absolute Gasteiger partial charge is 0.0654 e. The van der Waals surface area contributed by atoms with Crippen molar-refractivity contribution < 1.29 is 0 Å². The first-order valence-electron chi connectivity index (χ1n) is 10.1. The molecule has 0 heterocycles. The zero-order valence-corrected chi connectivity index (χ0v) is 15.4. The van der Waals surface area contributed by atoms with E-state index in [-0.39, 0.29) is 0 Å². The monoisotopic (exact) mass is 292 g/mol. The smallest absolute Gasteiger partial charge is 0.0324 e. The Bertz CT molecular complexity index is 294. The summed E-state index contributed by atoms with van der Waals surface area (Å²) in [5.41, 5.74) is 0. The van der Waals surface area contributed by atoms with E-state index in [1.54, 1.807) is 0 Å². The third-order valence-electron chi connectivity index (χ3n) is 7.10. The third-order valence-corrected chi connectivity index (χ3v) is 7.10. The van der Waals surface area contributed by atoms with Crippen LogP contribution >= 0.6 is 0 Å². The van der Waals surface area contributed by atoms with Gasteiger partial charge in [-0.25, -0.2) is 0 Å². The Hall–Kier alpha value is 0. The highest BCUT2D eigenvalue weighted by Crippen LogP contribution is 2.59. The lowest BCUT2D eigenvalue weighted by Gasteiger charge is -2.59. The van der Waals surface area contributed by atoms with E-state index < -0.39 is 0 Å². The summed E-state index contributed by atoms with van der Waals surface area (Å²) in [5.74, 6) is 7.31. The maximum atomic E-state index is 2.59. The van der Waals surface area contributed by atoms with Gasteiger partial charge in [-0.1, -0.05) is 73.1 Å². The molecular weight excluding hydrogens is 252 g/mol. The van der Waals surface area contributed by atoms with Gasteiger partial charge in [-0.15, -0.1) is 0 Å². The van der Waals surface area contributed by atoms with E-state index in [1.165, 1.54) is 57.8 Å². The van der Waals surface area contributed by atoms with Crippen LogP contribution in [0.1, 0.15) is 92.4 Å². The first-order chi connectivity index (χ1) is 10.1. The molecule has 0 heteroatoms. The van der Waals surface area contributed by atoms with Crippen LogP contribution in [0.4, 0.5) is 0 Å². The fraction of sp³-hybridized carbons (Fsp3) is 1.00. The second-order valence-electron chi connectivity index (χ2n) is 8.61. The summed E-state index contributed by atoms with van der Waals surface area (Å²) in [4.78, 5) is 0. The van der Waals surface area contributed by atoms with Crippen LogP contribution in [0.5, 0.6) is 0 Å². The van der Waals surface area contributed by atoms with Gasteiger partial charge in [-0.05, 0) is 60.7 Å². The van der Waals surface area contributed by atoms with E-state index in [2.05, 4.69) is 34.6 Å². The minimum absolute atomic E-state index is 0.955. The summed E-state index contributed by atoms with van der Waals surface area (Å²) in [7, 11) is 0. The van der Waals surface area contributed by atoms with Crippen molar-refractivity contribution in [1.82, 2.24) is 0 Å². The molecule has 0 N–H and O–H groups in total. The molecule has 0 saturated heterocycles. The molecule has 0 aromatic heterocycles. The van der Waals surface area contributed by atoms with E-state index in [4.69, 9.17) is 0 Å². The van der Waals surface area contributed by atoms with Gasteiger partial charge in [0, 0.05) is 0 Å². The highest BCUT2D eigenvalue weighted by Gasteiger charge is 2.52. The highest BCUT2D eigenvalue weighted by molar-refractivity contribution is 5.01. The van der Waals surface area contributed by atoms with Crippen molar-refractivity contribution in [3.8, 4) is 0 Å². The van der Waals surface area contributed by atoms with Crippen molar-refractivity contribution in [1.29, 1.82) is 0 Å². The lowest BCUT2D eigenvalue weighted by atomic mass is 9.46. The first kappa shape index (κ1) is 17.4. The van der Waals surface area contributed by atoms with Crippen LogP contribution in [0.25, 0.3) is 0 Å². The predicted molar refractivity (Wildman–Crippen MR) is 94.4 cm³/mol. The minimum Gasteiger partial charge on any atom is -0.0654 e. The maximum Gasteiger partial charge on any atom is -0.0324 e. The summed E-state index contributed by atoms with van der Waals surface area (Å²) in [6.07, 6.45) is 13.2. The topological polar surface area (TPSA) is 0 Å². The zero-order valence-electron chi connectivity index (χ0n) is 15.4. The van der Waals surface area contributed by atoms with Crippen LogP contribution in [0, 0.1) is 41.4 Å². The van der Waals surface area contributed by atoms with Crippen molar-refractivity contribution >= 4 is 0 Å². The first-order valence-corrected chi connectivity index (χ1v) is 10.1. The second-order valence-corrected chi connectivity index (χ2v) is 8.61. The number of hydrogen-bond donors (Lipinski definition) is 0. The summed E-state index contributed by atoms with van der Waals surface area (Å²) in [6, 6.07) is 0. The number of rotatable bonds is 9. The Morgan fingerprint density at radius 2 is 1.71 bits per heavy atom. The van der Waals surface area contributed by atoms with Gasteiger partial charge in [0.1, 0.15) is 0 Å². The molecule has 0 spiro atoms. The highest BCUT2D eigenvalue weighted by atomic mass is 14.6. The van der Waals surface area contributed by atoms with Crippen molar-refractivity contribution in [3.05, 3.63) is 0 Å². The van der Waals surface area contributed by atoms with Gasteiger partial charge in [0.05, 0.1) is 0 Å². The minimum atomic E-state index is 0.955. The fourth-order valence-corrected chi connectivity index (χ4v) is 5.68. The Morgan fingerprint density at radius 3 is 2.24 bits per heavy atom. The van der Waals surface area contributed by atoms with Gasteiger partial charge in [0.15, 0.2) is 0 Å². The number of hydrogen-bond acceptors (Lipinski definition) is 0. The SMILES string of the molecule is CCCCCC1C(CC(C)CCC)C(C)C1C1CCC1C. The van der Waals surface area contributed by atoms with Crippen LogP contribution in [0.3, 0.4) is 0 Å². The Balaban J connectivity index is 1.91. The molecule has 0 bridgehead atoms. The molecule has 0 radical (unpaired) electrons. The van der Waals surface area contributed by atoms with Crippen molar-refractivity contribution in [2.75, 3.05) is 0 Å². The van der Waals surface area contributed by atoms with Gasteiger partial charge in [-0.3, -0.25) is 0 Å². The summed E-state index contributed by atoms with van der Waals surface area (Å²) in [5, 5.41) is 0. The van der Waals surface area contributed by atoms with Crippen LogP contribution in [0.15, 0.2) is 0 Å². The Kier molecular flexibility index (Phi) is 6.63. The molecule has 2 aliphatic rings. The van der Waals surface area contributed by atoms with Crippen molar-refractivity contribution in [3.63, 3.8) is 0 Å². The van der Waals surface area contributed by atoms with E-state index in [9.17, 15) is 0 Å². The van der Waals surface area contributed by atoms with Crippen molar-refractivity contribution in [2.24, 2.45) is 41.4 Å². The third kappa shape index (κ3) is 3.85. The van der Waals surface area contributed by atoms with E-state index in [1.807, 2.05) is 0 Å². The Morgan fingerprint density at radius 1 is 0.952 bits per heavy atom. The van der Waals surface area contributed by atoms with Crippen LogP contribution in [-0.4, -0.2) is 0 Å². The normalized spacial score (nSPS) is 40.4. The lowest BCUT2D eigenvalue weighted by Crippen LogP contribution is -2.53. The average molecular weight is 293 g/mol. The zero-order chi connectivity index (χ0) is 15.4. The predicted octanol–water partition coefficient (Wildman–Crippen LogP) is 6.94. The molecule has 2 aliphatic carbocycles. The molecule has 0 aromatic carbocycles. The molecule has 0 aromatic rings. The van der Waals surface area contributed by atoms with Crippen LogP contribution < -0.4 is 0 Å². The van der Waals surface area contributed by atoms with Crippen LogP contribution in [-0.2, 0) is 0 Å². The molecule has 2 fully saturated rings. The molecule has 0 nitrogen and oxygen atoms in total. The van der Waals surface area contributed by atoms with E-state index in [0.29, 0.717) is 0 Å². The van der Waals surface area contributed by atoms with Gasteiger partial charge in [0.25, 0.3) is 0 Å². The van der Waals surface area contributed by atoms with Crippen LogP contribution in [0.2, 0.25) is 0 Å². The molecule has 124 valence electrons. The molecule has 7 atom stereocenters. The van der Waals surface area contributed by atoms with E-state index in [0.717, 1.165) is 41.4 Å². The summed E-state index contributed by atoms with van der Waals surface area (Å²) < 4.78 is 0. The lowest BCUT2D eigenvalue weighted by molar-refractivity contribution is -0.105. The molecule has 2 rings (SSSR count). The van der Waals surface area contributed by atoms with E-state index >= 15 is 0 Å². The summed E-state index contributed by atoms with van der Waals surface area (Å²) in [6.45, 7) is 12.3. The maximum absolute atomic E-state index is 2.59. The Labute approximate surface area is 134 Å². The fourth-order valence-electron chi connectivity index (χ4n) is 5.68. The van der Waals surface area contributed by atoms with Gasteiger partial charge in [-0.2, -0.15) is 0 Å².